The summed E-state index contributed by atoms with van der Waals surface area (Å²) in [7, 11) is 1.50. The predicted molar refractivity (Wildman–Crippen MR) is 79.5 cm³/mol. The Kier molecular flexibility index (Phi) is 6.52. The molecule has 0 heterocycles. The second kappa shape index (κ2) is 8.14. The number of hydrogen-bond acceptors (Lipinski definition) is 4. The number of ether oxygens (including phenoxy) is 2. The molecule has 0 radical (unpaired) electrons. The van der Waals surface area contributed by atoms with Crippen LogP contribution in [0.15, 0.2) is 18.2 Å². The SMILES string of the molecule is COc1ccc(C(N)=O)c(OCC(=O)NCCC(C)C)c1. The monoisotopic (exact) mass is 294 g/mol. The molecule has 0 aliphatic carbocycles. The molecule has 0 aliphatic rings. The fraction of sp³-hybridized carbons (Fsp3) is 0.467. The minimum Gasteiger partial charge on any atom is -0.497 e. The van der Waals surface area contributed by atoms with Gasteiger partial charge in [-0.1, -0.05) is 13.8 Å². The zero-order valence-corrected chi connectivity index (χ0v) is 12.6. The van der Waals surface area contributed by atoms with E-state index >= 15 is 0 Å². The van der Waals surface area contributed by atoms with Gasteiger partial charge in [-0.2, -0.15) is 0 Å². The molecule has 0 saturated carbocycles. The summed E-state index contributed by atoms with van der Waals surface area (Å²) in [6.45, 7) is 4.59. The lowest BCUT2D eigenvalue weighted by Crippen LogP contribution is -2.30. The van der Waals surface area contributed by atoms with Crippen LogP contribution in [0.4, 0.5) is 0 Å². The lowest BCUT2D eigenvalue weighted by Gasteiger charge is -2.12. The quantitative estimate of drug-likeness (QED) is 0.757. The molecule has 0 aliphatic heterocycles. The first kappa shape index (κ1) is 16.8. The zero-order valence-electron chi connectivity index (χ0n) is 12.6. The molecule has 0 saturated heterocycles. The van der Waals surface area contributed by atoms with Gasteiger partial charge in [0.05, 0.1) is 12.7 Å². The van der Waals surface area contributed by atoms with Crippen LogP contribution < -0.4 is 20.5 Å². The molecule has 0 spiro atoms. The summed E-state index contributed by atoms with van der Waals surface area (Å²) in [5.74, 6) is 0.420. The Morgan fingerprint density at radius 3 is 2.62 bits per heavy atom. The number of nitrogens with two attached hydrogens (primary N) is 1. The van der Waals surface area contributed by atoms with Gasteiger partial charge in [-0.15, -0.1) is 0 Å². The number of benzene rings is 1. The van der Waals surface area contributed by atoms with Crippen molar-refractivity contribution in [2.45, 2.75) is 20.3 Å². The average Bonchev–Trinajstić information content (AvgIpc) is 2.44. The highest BCUT2D eigenvalue weighted by molar-refractivity contribution is 5.96. The van der Waals surface area contributed by atoms with Crippen molar-refractivity contribution in [3.63, 3.8) is 0 Å². The predicted octanol–water partition coefficient (Wildman–Crippen LogP) is 1.34. The molecule has 0 bridgehead atoms. The Hall–Kier alpha value is -2.24. The van der Waals surface area contributed by atoms with Crippen LogP contribution in [-0.2, 0) is 4.79 Å². The van der Waals surface area contributed by atoms with E-state index in [0.29, 0.717) is 18.2 Å². The third kappa shape index (κ3) is 5.72. The highest BCUT2D eigenvalue weighted by Crippen LogP contribution is 2.24. The molecule has 2 amide bonds. The molecule has 1 aromatic carbocycles. The van der Waals surface area contributed by atoms with Gasteiger partial charge in [-0.05, 0) is 24.5 Å². The van der Waals surface area contributed by atoms with Crippen molar-refractivity contribution in [2.75, 3.05) is 20.3 Å². The van der Waals surface area contributed by atoms with Gasteiger partial charge in [-0.3, -0.25) is 9.59 Å². The molecule has 116 valence electrons. The molecule has 1 rings (SSSR count). The molecule has 0 fully saturated rings. The van der Waals surface area contributed by atoms with E-state index in [1.54, 1.807) is 6.07 Å². The molecule has 0 aromatic heterocycles. The van der Waals surface area contributed by atoms with E-state index in [-0.39, 0.29) is 23.8 Å². The Morgan fingerprint density at radius 2 is 2.05 bits per heavy atom. The van der Waals surface area contributed by atoms with Crippen molar-refractivity contribution in [1.82, 2.24) is 5.32 Å². The molecule has 6 nitrogen and oxygen atoms in total. The van der Waals surface area contributed by atoms with Gasteiger partial charge in [0.15, 0.2) is 6.61 Å². The number of carbonyl (C=O) groups is 2. The van der Waals surface area contributed by atoms with Crippen LogP contribution in [0.2, 0.25) is 0 Å². The Balaban J connectivity index is 2.61. The molecule has 21 heavy (non-hydrogen) atoms. The van der Waals surface area contributed by atoms with Gasteiger partial charge in [0.2, 0.25) is 0 Å². The second-order valence-electron chi connectivity index (χ2n) is 5.05. The van der Waals surface area contributed by atoms with Crippen molar-refractivity contribution >= 4 is 11.8 Å². The first-order chi connectivity index (χ1) is 9.93. The number of rotatable bonds is 8. The summed E-state index contributed by atoms with van der Waals surface area (Å²) < 4.78 is 10.4. The van der Waals surface area contributed by atoms with Gasteiger partial charge < -0.3 is 20.5 Å². The number of amides is 2. The molecule has 6 heteroatoms. The largest absolute Gasteiger partial charge is 0.497 e. The number of methoxy groups -OCH3 is 1. The number of primary amides is 1. The standard InChI is InChI=1S/C15H22N2O4/c1-10(2)6-7-17-14(18)9-21-13-8-11(20-3)4-5-12(13)15(16)19/h4-5,8,10H,6-7,9H2,1-3H3,(H2,16,19)(H,17,18). The van der Waals surface area contributed by atoms with Gasteiger partial charge >= 0.3 is 0 Å². The molecule has 3 N–H and O–H groups in total. The lowest BCUT2D eigenvalue weighted by molar-refractivity contribution is -0.123. The summed E-state index contributed by atoms with van der Waals surface area (Å²) in [5, 5.41) is 2.75. The van der Waals surface area contributed by atoms with E-state index in [1.165, 1.54) is 19.2 Å². The lowest BCUT2D eigenvalue weighted by atomic mass is 10.1. The Bertz CT molecular complexity index is 500. The highest BCUT2D eigenvalue weighted by atomic mass is 16.5. The normalized spacial score (nSPS) is 10.3. The number of nitrogens with one attached hydrogen (secondary N) is 1. The summed E-state index contributed by atoms with van der Waals surface area (Å²) in [5.41, 5.74) is 5.48. The van der Waals surface area contributed by atoms with Crippen molar-refractivity contribution in [1.29, 1.82) is 0 Å². The highest BCUT2D eigenvalue weighted by Gasteiger charge is 2.12. The van der Waals surface area contributed by atoms with Crippen LogP contribution >= 0.6 is 0 Å². The minimum atomic E-state index is -0.618. The molecular formula is C15H22N2O4. The maximum absolute atomic E-state index is 11.6. The van der Waals surface area contributed by atoms with Crippen molar-refractivity contribution in [2.24, 2.45) is 11.7 Å². The average molecular weight is 294 g/mol. The Morgan fingerprint density at radius 1 is 1.33 bits per heavy atom. The fourth-order valence-corrected chi connectivity index (χ4v) is 1.65. The van der Waals surface area contributed by atoms with E-state index in [2.05, 4.69) is 19.2 Å². The molecule has 0 atom stereocenters. The van der Waals surface area contributed by atoms with E-state index in [1.807, 2.05) is 0 Å². The van der Waals surface area contributed by atoms with Crippen LogP contribution in [0.25, 0.3) is 0 Å². The summed E-state index contributed by atoms with van der Waals surface area (Å²) in [6, 6.07) is 4.64. The molecule has 1 aromatic rings. The zero-order chi connectivity index (χ0) is 15.8. The molecule has 0 unspecified atom stereocenters. The van der Waals surface area contributed by atoms with Crippen LogP contribution in [0.3, 0.4) is 0 Å². The van der Waals surface area contributed by atoms with Gasteiger partial charge in [0, 0.05) is 12.6 Å². The van der Waals surface area contributed by atoms with E-state index in [0.717, 1.165) is 6.42 Å². The van der Waals surface area contributed by atoms with Crippen LogP contribution in [-0.4, -0.2) is 32.1 Å². The topological polar surface area (TPSA) is 90.7 Å². The first-order valence-corrected chi connectivity index (χ1v) is 6.81. The van der Waals surface area contributed by atoms with Gasteiger partial charge in [0.25, 0.3) is 11.8 Å². The Labute approximate surface area is 124 Å². The third-order valence-corrected chi connectivity index (χ3v) is 2.86. The number of carbonyl (C=O) groups excluding carboxylic acids is 2. The van der Waals surface area contributed by atoms with Gasteiger partial charge in [0.1, 0.15) is 11.5 Å². The summed E-state index contributed by atoms with van der Waals surface area (Å²) in [4.78, 5) is 23.0. The van der Waals surface area contributed by atoms with Crippen molar-refractivity contribution < 1.29 is 19.1 Å². The van der Waals surface area contributed by atoms with Crippen LogP contribution in [0.5, 0.6) is 11.5 Å². The van der Waals surface area contributed by atoms with Crippen LogP contribution in [0.1, 0.15) is 30.6 Å². The van der Waals surface area contributed by atoms with Crippen molar-refractivity contribution in [3.8, 4) is 11.5 Å². The van der Waals surface area contributed by atoms with E-state index in [4.69, 9.17) is 15.2 Å². The summed E-state index contributed by atoms with van der Waals surface area (Å²) >= 11 is 0. The maximum atomic E-state index is 11.6. The van der Waals surface area contributed by atoms with E-state index in [9.17, 15) is 9.59 Å². The third-order valence-electron chi connectivity index (χ3n) is 2.86. The van der Waals surface area contributed by atoms with Crippen molar-refractivity contribution in [3.05, 3.63) is 23.8 Å². The first-order valence-electron chi connectivity index (χ1n) is 6.81. The second-order valence-corrected chi connectivity index (χ2v) is 5.05. The summed E-state index contributed by atoms with van der Waals surface area (Å²) in [6.07, 6.45) is 0.900. The van der Waals surface area contributed by atoms with E-state index < -0.39 is 5.91 Å². The maximum Gasteiger partial charge on any atom is 0.257 e. The smallest absolute Gasteiger partial charge is 0.257 e. The fourth-order valence-electron chi connectivity index (χ4n) is 1.65. The van der Waals surface area contributed by atoms with Crippen LogP contribution in [0, 0.1) is 5.92 Å². The minimum absolute atomic E-state index is 0.175. The molecular weight excluding hydrogens is 272 g/mol. The van der Waals surface area contributed by atoms with Gasteiger partial charge in [-0.25, -0.2) is 0 Å². The number of hydrogen-bond donors (Lipinski definition) is 2.